The Bertz CT molecular complexity index is 90.4. The largest absolute Gasteiger partial charge is 0.314 e. The summed E-state index contributed by atoms with van der Waals surface area (Å²) < 4.78 is 0. The molecule has 2 nitrogen and oxygen atoms in total. The molecule has 0 aromatic carbocycles. The van der Waals surface area contributed by atoms with Gasteiger partial charge < -0.3 is 5.32 Å². The predicted octanol–water partition coefficient (Wildman–Crippen LogP) is 1.14. The first-order valence-electron chi connectivity index (χ1n) is 3.64. The van der Waals surface area contributed by atoms with Gasteiger partial charge in [0.25, 0.3) is 0 Å². The number of hydrogen-bond donors (Lipinski definition) is 1. The molecule has 0 radical (unpaired) electrons. The van der Waals surface area contributed by atoms with Gasteiger partial charge in [-0.1, -0.05) is 0 Å². The fraction of sp³-hybridized carbons (Fsp3) is 1.00. The summed E-state index contributed by atoms with van der Waals surface area (Å²) in [5.41, 5.74) is 0. The molecule has 1 aliphatic heterocycles. The molecule has 1 rings (SSSR count). The Labute approximate surface area is 81.5 Å². The number of likely N-dealkylation sites (N-methyl/N-ethyl adjacent to an activating group) is 1. The van der Waals surface area contributed by atoms with Crippen molar-refractivity contribution >= 4 is 24.8 Å². The van der Waals surface area contributed by atoms with Crippen molar-refractivity contribution in [2.24, 2.45) is 0 Å². The number of nitrogens with one attached hydrogen (secondary N) is 1. The van der Waals surface area contributed by atoms with Gasteiger partial charge >= 0.3 is 0 Å². The van der Waals surface area contributed by atoms with E-state index in [4.69, 9.17) is 0 Å². The molecule has 11 heavy (non-hydrogen) atoms. The van der Waals surface area contributed by atoms with Crippen LogP contribution in [-0.4, -0.2) is 37.1 Å². The molecule has 4 heteroatoms. The number of nitrogens with zero attached hydrogens (tertiary/aromatic N) is 1. The summed E-state index contributed by atoms with van der Waals surface area (Å²) in [5.74, 6) is 0. The van der Waals surface area contributed by atoms with Gasteiger partial charge in [0.1, 0.15) is 0 Å². The van der Waals surface area contributed by atoms with Gasteiger partial charge in [0.15, 0.2) is 0 Å². The summed E-state index contributed by atoms with van der Waals surface area (Å²) in [6.07, 6.45) is 0. The molecule has 2 atom stereocenters. The number of hydrogen-bond acceptors (Lipinski definition) is 2. The summed E-state index contributed by atoms with van der Waals surface area (Å²) in [5, 5.41) is 3.37. The van der Waals surface area contributed by atoms with Crippen molar-refractivity contribution in [2.75, 3.05) is 20.1 Å². The zero-order valence-electron chi connectivity index (χ0n) is 7.33. The molecule has 0 aromatic heterocycles. The van der Waals surface area contributed by atoms with Gasteiger partial charge in [-0.15, -0.1) is 24.8 Å². The Kier molecular flexibility index (Phi) is 7.75. The van der Waals surface area contributed by atoms with Gasteiger partial charge in [-0.05, 0) is 20.9 Å². The van der Waals surface area contributed by atoms with Crippen LogP contribution in [0, 0.1) is 0 Å². The van der Waals surface area contributed by atoms with E-state index >= 15 is 0 Å². The van der Waals surface area contributed by atoms with E-state index in [1.807, 2.05) is 0 Å². The standard InChI is InChI=1S/C7H16N2.2ClH/c1-6-4-8-5-7(2)9(6)3;;/h6-8H,4-5H2,1-3H3;2*1H. The molecule has 1 saturated heterocycles. The van der Waals surface area contributed by atoms with Crippen LogP contribution in [0.15, 0.2) is 0 Å². The van der Waals surface area contributed by atoms with E-state index in [0.29, 0.717) is 12.1 Å². The minimum atomic E-state index is 0. The van der Waals surface area contributed by atoms with Crippen molar-refractivity contribution < 1.29 is 0 Å². The third kappa shape index (κ3) is 3.61. The summed E-state index contributed by atoms with van der Waals surface area (Å²) in [6.45, 7) is 6.78. The highest BCUT2D eigenvalue weighted by Gasteiger charge is 2.19. The Hall–Kier alpha value is 0.500. The monoisotopic (exact) mass is 200 g/mol. The normalized spacial score (nSPS) is 31.9. The quantitative estimate of drug-likeness (QED) is 0.632. The van der Waals surface area contributed by atoms with Crippen molar-refractivity contribution in [1.29, 1.82) is 0 Å². The van der Waals surface area contributed by atoms with Crippen molar-refractivity contribution in [3.8, 4) is 0 Å². The molecule has 1 N–H and O–H groups in total. The molecule has 0 aromatic rings. The molecule has 0 aliphatic carbocycles. The molecule has 70 valence electrons. The van der Waals surface area contributed by atoms with Crippen LogP contribution >= 0.6 is 24.8 Å². The first kappa shape index (κ1) is 14.0. The first-order valence-corrected chi connectivity index (χ1v) is 3.64. The van der Waals surface area contributed by atoms with Crippen molar-refractivity contribution in [2.45, 2.75) is 25.9 Å². The smallest absolute Gasteiger partial charge is 0.0192 e. The SMILES string of the molecule is CC1CNCC(C)N1C.Cl.Cl. The second kappa shape index (κ2) is 6.06. The topological polar surface area (TPSA) is 15.3 Å². The van der Waals surface area contributed by atoms with Crippen molar-refractivity contribution in [3.63, 3.8) is 0 Å². The average Bonchev–Trinajstić information content (AvgIpc) is 1.83. The van der Waals surface area contributed by atoms with E-state index in [1.54, 1.807) is 0 Å². The molecule has 1 heterocycles. The number of piperazine rings is 1. The predicted molar refractivity (Wildman–Crippen MR) is 54.1 cm³/mol. The zero-order chi connectivity index (χ0) is 6.85. The molecule has 1 fully saturated rings. The molecular formula is C7H18Cl2N2. The molecule has 0 saturated carbocycles. The highest BCUT2D eigenvalue weighted by molar-refractivity contribution is 5.85. The summed E-state index contributed by atoms with van der Waals surface area (Å²) in [7, 11) is 2.19. The van der Waals surface area contributed by atoms with Crippen LogP contribution < -0.4 is 5.32 Å². The fourth-order valence-corrected chi connectivity index (χ4v) is 1.22. The van der Waals surface area contributed by atoms with Gasteiger partial charge in [-0.25, -0.2) is 0 Å². The maximum absolute atomic E-state index is 3.37. The summed E-state index contributed by atoms with van der Waals surface area (Å²) in [6, 6.07) is 1.41. The van der Waals surface area contributed by atoms with E-state index in [2.05, 4.69) is 31.1 Å². The highest BCUT2D eigenvalue weighted by Crippen LogP contribution is 2.04. The second-order valence-corrected chi connectivity index (χ2v) is 3.02. The van der Waals surface area contributed by atoms with E-state index in [0.717, 1.165) is 13.1 Å². The zero-order valence-corrected chi connectivity index (χ0v) is 8.97. The third-order valence-electron chi connectivity index (χ3n) is 2.27. The Morgan fingerprint density at radius 1 is 1.09 bits per heavy atom. The van der Waals surface area contributed by atoms with Crippen LogP contribution in [0.2, 0.25) is 0 Å². The molecular weight excluding hydrogens is 183 g/mol. The lowest BCUT2D eigenvalue weighted by molar-refractivity contribution is 0.152. The minimum absolute atomic E-state index is 0. The molecule has 0 amide bonds. The van der Waals surface area contributed by atoms with Crippen molar-refractivity contribution in [3.05, 3.63) is 0 Å². The summed E-state index contributed by atoms with van der Waals surface area (Å²) in [4.78, 5) is 2.41. The summed E-state index contributed by atoms with van der Waals surface area (Å²) >= 11 is 0. The molecule has 1 aliphatic rings. The molecule has 2 unspecified atom stereocenters. The Morgan fingerprint density at radius 2 is 1.45 bits per heavy atom. The number of halogens is 2. The maximum atomic E-state index is 3.37. The van der Waals surface area contributed by atoms with Gasteiger partial charge in [-0.3, -0.25) is 4.90 Å². The van der Waals surface area contributed by atoms with E-state index in [1.165, 1.54) is 0 Å². The van der Waals surface area contributed by atoms with Gasteiger partial charge in [-0.2, -0.15) is 0 Å². The van der Waals surface area contributed by atoms with Crippen LogP contribution in [0.25, 0.3) is 0 Å². The minimum Gasteiger partial charge on any atom is -0.314 e. The van der Waals surface area contributed by atoms with Gasteiger partial charge in [0.2, 0.25) is 0 Å². The van der Waals surface area contributed by atoms with Gasteiger partial charge in [0.05, 0.1) is 0 Å². The first-order chi connectivity index (χ1) is 4.22. The molecule has 0 bridgehead atoms. The third-order valence-corrected chi connectivity index (χ3v) is 2.27. The van der Waals surface area contributed by atoms with Crippen LogP contribution in [0.3, 0.4) is 0 Å². The van der Waals surface area contributed by atoms with E-state index < -0.39 is 0 Å². The van der Waals surface area contributed by atoms with Crippen molar-refractivity contribution in [1.82, 2.24) is 10.2 Å². The molecule has 0 spiro atoms. The van der Waals surface area contributed by atoms with Crippen LogP contribution in [0.1, 0.15) is 13.8 Å². The highest BCUT2D eigenvalue weighted by atomic mass is 35.5. The lowest BCUT2D eigenvalue weighted by atomic mass is 10.1. The maximum Gasteiger partial charge on any atom is 0.0192 e. The number of rotatable bonds is 0. The Balaban J connectivity index is 0. The fourth-order valence-electron chi connectivity index (χ4n) is 1.22. The average molecular weight is 201 g/mol. The van der Waals surface area contributed by atoms with Gasteiger partial charge in [0, 0.05) is 25.2 Å². The lowest BCUT2D eigenvalue weighted by Crippen LogP contribution is -2.52. The van der Waals surface area contributed by atoms with Crippen LogP contribution in [0.4, 0.5) is 0 Å². The van der Waals surface area contributed by atoms with E-state index in [9.17, 15) is 0 Å². The second-order valence-electron chi connectivity index (χ2n) is 3.02. The van der Waals surface area contributed by atoms with Crippen LogP contribution in [0.5, 0.6) is 0 Å². The Morgan fingerprint density at radius 3 is 1.73 bits per heavy atom. The van der Waals surface area contributed by atoms with Crippen LogP contribution in [-0.2, 0) is 0 Å². The lowest BCUT2D eigenvalue weighted by Gasteiger charge is -2.36. The van der Waals surface area contributed by atoms with E-state index in [-0.39, 0.29) is 24.8 Å².